The predicted molar refractivity (Wildman–Crippen MR) is 101 cm³/mol. The van der Waals surface area contributed by atoms with Crippen molar-refractivity contribution in [3.63, 3.8) is 0 Å². The van der Waals surface area contributed by atoms with Crippen LogP contribution in [0.2, 0.25) is 0 Å². The Hall–Kier alpha value is -1.65. The number of rotatable bonds is 8. The molecule has 1 aliphatic rings. The Bertz CT molecular complexity index is 835. The van der Waals surface area contributed by atoms with Gasteiger partial charge in [-0.15, -0.1) is 0 Å². The molecular formula is C16H25N3O5S2. The largest absolute Gasteiger partial charge is 0.352 e. The van der Waals surface area contributed by atoms with Crippen molar-refractivity contribution in [1.82, 2.24) is 9.62 Å². The number of sulfonamides is 2. The van der Waals surface area contributed by atoms with E-state index in [2.05, 4.69) is 5.32 Å². The Balaban J connectivity index is 1.85. The SMILES string of the molecule is CCS(=O)(=O)N(C)CCCNC(=O)c1ccc(N2CCCS2(=O)=O)cc1. The lowest BCUT2D eigenvalue weighted by atomic mass is 10.2. The summed E-state index contributed by atoms with van der Waals surface area (Å²) in [5.41, 5.74) is 0.991. The van der Waals surface area contributed by atoms with E-state index >= 15 is 0 Å². The zero-order valence-corrected chi connectivity index (χ0v) is 16.6. The third-order valence-corrected chi connectivity index (χ3v) is 8.02. The molecule has 1 aliphatic heterocycles. The molecule has 0 atom stereocenters. The number of benzene rings is 1. The van der Waals surface area contributed by atoms with E-state index in [0.717, 1.165) is 0 Å². The van der Waals surface area contributed by atoms with Crippen molar-refractivity contribution in [3.8, 4) is 0 Å². The highest BCUT2D eigenvalue weighted by Gasteiger charge is 2.28. The molecule has 8 nitrogen and oxygen atoms in total. The number of carbonyl (C=O) groups is 1. The van der Waals surface area contributed by atoms with Gasteiger partial charge in [-0.3, -0.25) is 9.10 Å². The van der Waals surface area contributed by atoms with Gasteiger partial charge in [-0.25, -0.2) is 21.1 Å². The summed E-state index contributed by atoms with van der Waals surface area (Å²) < 4.78 is 49.7. The number of carbonyl (C=O) groups excluding carboxylic acids is 1. The van der Waals surface area contributed by atoms with Gasteiger partial charge in [0.1, 0.15) is 0 Å². The van der Waals surface area contributed by atoms with E-state index in [1.165, 1.54) is 15.7 Å². The molecule has 1 amide bonds. The van der Waals surface area contributed by atoms with E-state index < -0.39 is 20.0 Å². The highest BCUT2D eigenvalue weighted by atomic mass is 32.2. The number of amides is 1. The number of nitrogens with zero attached hydrogens (tertiary/aromatic N) is 2. The molecule has 0 unspecified atom stereocenters. The fourth-order valence-corrected chi connectivity index (χ4v) is 5.09. The molecule has 1 aromatic carbocycles. The summed E-state index contributed by atoms with van der Waals surface area (Å²) in [6, 6.07) is 6.43. The summed E-state index contributed by atoms with van der Waals surface area (Å²) in [5, 5.41) is 2.74. The van der Waals surface area contributed by atoms with Gasteiger partial charge in [0.05, 0.1) is 17.2 Å². The minimum atomic E-state index is -3.23. The maximum atomic E-state index is 12.1. The summed E-state index contributed by atoms with van der Waals surface area (Å²) in [5.74, 6) is -0.0753. The van der Waals surface area contributed by atoms with Crippen LogP contribution in [0.3, 0.4) is 0 Å². The molecule has 1 N–H and O–H groups in total. The summed E-state index contributed by atoms with van der Waals surface area (Å²) in [6.07, 6.45) is 1.11. The molecule has 0 bridgehead atoms. The van der Waals surface area contributed by atoms with Crippen molar-refractivity contribution >= 4 is 31.6 Å². The Kier molecular flexibility index (Phi) is 6.64. The first kappa shape index (κ1) is 20.7. The lowest BCUT2D eigenvalue weighted by Crippen LogP contribution is -2.32. The van der Waals surface area contributed by atoms with Crippen LogP contribution in [0.15, 0.2) is 24.3 Å². The van der Waals surface area contributed by atoms with Gasteiger partial charge in [0, 0.05) is 32.2 Å². The molecule has 10 heteroatoms. The predicted octanol–water partition coefficient (Wildman–Crippen LogP) is 0.628. The minimum absolute atomic E-state index is 0.0505. The summed E-state index contributed by atoms with van der Waals surface area (Å²) >= 11 is 0. The number of hydrogen-bond acceptors (Lipinski definition) is 5. The molecule has 0 spiro atoms. The molecule has 0 saturated carbocycles. The van der Waals surface area contributed by atoms with E-state index in [9.17, 15) is 21.6 Å². The van der Waals surface area contributed by atoms with Gasteiger partial charge in [0.25, 0.3) is 5.91 Å². The molecule has 0 aromatic heterocycles. The van der Waals surface area contributed by atoms with E-state index in [4.69, 9.17) is 0 Å². The van der Waals surface area contributed by atoms with Gasteiger partial charge >= 0.3 is 0 Å². The van der Waals surface area contributed by atoms with Crippen molar-refractivity contribution in [2.24, 2.45) is 0 Å². The van der Waals surface area contributed by atoms with Gasteiger partial charge in [0.15, 0.2) is 0 Å². The van der Waals surface area contributed by atoms with Crippen LogP contribution < -0.4 is 9.62 Å². The van der Waals surface area contributed by atoms with Crippen molar-refractivity contribution < 1.29 is 21.6 Å². The van der Waals surface area contributed by atoms with Crippen LogP contribution in [-0.2, 0) is 20.0 Å². The van der Waals surface area contributed by atoms with Crippen LogP contribution in [0.25, 0.3) is 0 Å². The quantitative estimate of drug-likeness (QED) is 0.641. The lowest BCUT2D eigenvalue weighted by molar-refractivity contribution is 0.0953. The molecule has 1 aromatic rings. The second-order valence-corrected chi connectivity index (χ2v) is 10.5. The second kappa shape index (κ2) is 8.36. The molecule has 0 aliphatic carbocycles. The lowest BCUT2D eigenvalue weighted by Gasteiger charge is -2.17. The molecule has 2 rings (SSSR count). The van der Waals surface area contributed by atoms with Crippen LogP contribution in [0.4, 0.5) is 5.69 Å². The number of nitrogens with one attached hydrogen (secondary N) is 1. The molecule has 0 radical (unpaired) electrons. The normalized spacial score (nSPS) is 16.8. The van der Waals surface area contributed by atoms with E-state index in [1.54, 1.807) is 31.2 Å². The summed E-state index contributed by atoms with van der Waals surface area (Å²) in [4.78, 5) is 12.1. The van der Waals surface area contributed by atoms with Gasteiger partial charge in [0.2, 0.25) is 20.0 Å². The monoisotopic (exact) mass is 403 g/mol. The highest BCUT2D eigenvalue weighted by molar-refractivity contribution is 7.93. The first-order valence-corrected chi connectivity index (χ1v) is 11.7. The third-order valence-electron chi connectivity index (χ3n) is 4.29. The first-order valence-electron chi connectivity index (χ1n) is 8.50. The fraction of sp³-hybridized carbons (Fsp3) is 0.562. The standard InChI is InChI=1S/C16H25N3O5S2/c1-3-25(21,22)18(2)11-4-10-17-16(20)14-6-8-15(9-7-14)19-12-5-13-26(19,23)24/h6-9H,3-5,10-13H2,1-2H3,(H,17,20). The van der Waals surface area contributed by atoms with E-state index in [-0.39, 0.29) is 17.4 Å². The highest BCUT2D eigenvalue weighted by Crippen LogP contribution is 2.24. The van der Waals surface area contributed by atoms with Crippen LogP contribution >= 0.6 is 0 Å². The van der Waals surface area contributed by atoms with Crippen molar-refractivity contribution in [3.05, 3.63) is 29.8 Å². The van der Waals surface area contributed by atoms with Gasteiger partial charge in [-0.1, -0.05) is 0 Å². The third kappa shape index (κ3) is 4.95. The number of hydrogen-bond donors (Lipinski definition) is 1. The topological polar surface area (TPSA) is 104 Å². The maximum absolute atomic E-state index is 12.1. The molecule has 1 heterocycles. The van der Waals surface area contributed by atoms with Crippen molar-refractivity contribution in [2.75, 3.05) is 42.5 Å². The zero-order valence-electron chi connectivity index (χ0n) is 15.0. The molecule has 146 valence electrons. The Morgan fingerprint density at radius 3 is 2.46 bits per heavy atom. The first-order chi connectivity index (χ1) is 12.2. The molecule has 26 heavy (non-hydrogen) atoms. The summed E-state index contributed by atoms with van der Waals surface area (Å²) in [7, 11) is -4.92. The average molecular weight is 404 g/mol. The maximum Gasteiger partial charge on any atom is 0.251 e. The Morgan fingerprint density at radius 2 is 1.92 bits per heavy atom. The van der Waals surface area contributed by atoms with Crippen LogP contribution in [-0.4, -0.2) is 65.2 Å². The van der Waals surface area contributed by atoms with Crippen LogP contribution in [0.1, 0.15) is 30.1 Å². The fourth-order valence-electron chi connectivity index (χ4n) is 2.67. The smallest absolute Gasteiger partial charge is 0.251 e. The van der Waals surface area contributed by atoms with E-state index in [1.807, 2.05) is 0 Å². The Labute approximate surface area is 155 Å². The van der Waals surface area contributed by atoms with Crippen LogP contribution in [0, 0.1) is 0 Å². The Morgan fingerprint density at radius 1 is 1.27 bits per heavy atom. The van der Waals surface area contributed by atoms with Crippen molar-refractivity contribution in [2.45, 2.75) is 19.8 Å². The van der Waals surface area contributed by atoms with Crippen LogP contribution in [0.5, 0.6) is 0 Å². The molecular weight excluding hydrogens is 378 g/mol. The van der Waals surface area contributed by atoms with Gasteiger partial charge in [-0.05, 0) is 44.0 Å². The zero-order chi connectivity index (χ0) is 19.4. The summed E-state index contributed by atoms with van der Waals surface area (Å²) in [6.45, 7) is 2.74. The van der Waals surface area contributed by atoms with Gasteiger partial charge in [-0.2, -0.15) is 0 Å². The minimum Gasteiger partial charge on any atom is -0.352 e. The molecule has 1 saturated heterocycles. The van der Waals surface area contributed by atoms with Crippen molar-refractivity contribution in [1.29, 1.82) is 0 Å². The molecule has 1 fully saturated rings. The average Bonchev–Trinajstić information content (AvgIpc) is 2.97. The van der Waals surface area contributed by atoms with Gasteiger partial charge < -0.3 is 5.32 Å². The second-order valence-electron chi connectivity index (χ2n) is 6.12. The van der Waals surface area contributed by atoms with E-state index in [0.29, 0.717) is 43.7 Å². The number of anilines is 1.